The quantitative estimate of drug-likeness (QED) is 0.883. The zero-order valence-corrected chi connectivity index (χ0v) is 13.6. The molecule has 0 saturated heterocycles. The van der Waals surface area contributed by atoms with Crippen LogP contribution in [0.25, 0.3) is 0 Å². The van der Waals surface area contributed by atoms with Crippen molar-refractivity contribution in [2.75, 3.05) is 32.0 Å². The third kappa shape index (κ3) is 4.06. The van der Waals surface area contributed by atoms with E-state index in [2.05, 4.69) is 10.6 Å². The largest absolute Gasteiger partial charge is 0.497 e. The third-order valence-corrected chi connectivity index (χ3v) is 3.33. The van der Waals surface area contributed by atoms with Gasteiger partial charge in [-0.15, -0.1) is 0 Å². The maximum Gasteiger partial charge on any atom is 0.323 e. The summed E-state index contributed by atoms with van der Waals surface area (Å²) in [6.45, 7) is 1.88. The van der Waals surface area contributed by atoms with Crippen LogP contribution in [0.15, 0.2) is 36.4 Å². The van der Waals surface area contributed by atoms with Crippen molar-refractivity contribution in [2.24, 2.45) is 0 Å². The van der Waals surface area contributed by atoms with Crippen LogP contribution >= 0.6 is 0 Å². The number of aryl methyl sites for hydroxylation is 1. The number of anilines is 2. The SMILES string of the molecule is COc1ccc(NC(=O)Nc2cc(OC)c(OC)cc2C)cc1. The molecule has 0 radical (unpaired) electrons. The average molecular weight is 316 g/mol. The van der Waals surface area contributed by atoms with E-state index in [4.69, 9.17) is 14.2 Å². The molecule has 2 aromatic carbocycles. The Hall–Kier alpha value is -2.89. The summed E-state index contributed by atoms with van der Waals surface area (Å²) in [5.74, 6) is 1.90. The predicted molar refractivity (Wildman–Crippen MR) is 89.9 cm³/mol. The van der Waals surface area contributed by atoms with Gasteiger partial charge >= 0.3 is 6.03 Å². The molecule has 0 aromatic heterocycles. The molecule has 0 unspecified atom stereocenters. The van der Waals surface area contributed by atoms with E-state index in [1.807, 2.05) is 13.0 Å². The first-order valence-corrected chi connectivity index (χ1v) is 7.02. The number of methoxy groups -OCH3 is 3. The van der Waals surface area contributed by atoms with Crippen molar-refractivity contribution in [1.82, 2.24) is 0 Å². The fraction of sp³-hybridized carbons (Fsp3) is 0.235. The van der Waals surface area contributed by atoms with Crippen LogP contribution in [0.4, 0.5) is 16.2 Å². The van der Waals surface area contributed by atoms with Crippen LogP contribution in [0.2, 0.25) is 0 Å². The van der Waals surface area contributed by atoms with Crippen LogP contribution in [-0.2, 0) is 0 Å². The molecule has 0 spiro atoms. The van der Waals surface area contributed by atoms with Gasteiger partial charge in [-0.05, 0) is 42.8 Å². The predicted octanol–water partition coefficient (Wildman–Crippen LogP) is 3.66. The summed E-state index contributed by atoms with van der Waals surface area (Å²) >= 11 is 0. The van der Waals surface area contributed by atoms with E-state index < -0.39 is 0 Å². The zero-order chi connectivity index (χ0) is 16.8. The van der Waals surface area contributed by atoms with Gasteiger partial charge < -0.3 is 24.8 Å². The Morgan fingerprint density at radius 2 is 1.48 bits per heavy atom. The van der Waals surface area contributed by atoms with Crippen molar-refractivity contribution in [3.05, 3.63) is 42.0 Å². The van der Waals surface area contributed by atoms with Gasteiger partial charge in [0, 0.05) is 17.4 Å². The van der Waals surface area contributed by atoms with Crippen molar-refractivity contribution >= 4 is 17.4 Å². The number of ether oxygens (including phenoxy) is 3. The van der Waals surface area contributed by atoms with Gasteiger partial charge in [0.2, 0.25) is 0 Å². The Kier molecular flexibility index (Phi) is 5.30. The summed E-state index contributed by atoms with van der Waals surface area (Å²) in [5.41, 5.74) is 2.18. The fourth-order valence-corrected chi connectivity index (χ4v) is 2.07. The van der Waals surface area contributed by atoms with Gasteiger partial charge in [0.05, 0.1) is 21.3 Å². The summed E-state index contributed by atoms with van der Waals surface area (Å²) in [7, 11) is 4.71. The maximum absolute atomic E-state index is 12.1. The molecule has 2 rings (SSSR count). The van der Waals surface area contributed by atoms with E-state index in [0.717, 1.165) is 11.3 Å². The topological polar surface area (TPSA) is 68.8 Å². The van der Waals surface area contributed by atoms with E-state index in [-0.39, 0.29) is 6.03 Å². The van der Waals surface area contributed by atoms with Crippen LogP contribution < -0.4 is 24.8 Å². The molecular formula is C17H20N2O4. The summed E-state index contributed by atoms with van der Waals surface area (Å²) in [4.78, 5) is 12.1. The minimum Gasteiger partial charge on any atom is -0.497 e. The third-order valence-electron chi connectivity index (χ3n) is 3.33. The second kappa shape index (κ2) is 7.40. The van der Waals surface area contributed by atoms with Crippen molar-refractivity contribution in [2.45, 2.75) is 6.92 Å². The number of carbonyl (C=O) groups is 1. The Labute approximate surface area is 135 Å². The second-order valence-electron chi connectivity index (χ2n) is 4.83. The summed E-state index contributed by atoms with van der Waals surface area (Å²) in [5, 5.41) is 5.55. The van der Waals surface area contributed by atoms with Crippen LogP contribution in [0.1, 0.15) is 5.56 Å². The van der Waals surface area contributed by atoms with Gasteiger partial charge in [0.1, 0.15) is 5.75 Å². The number of urea groups is 1. The van der Waals surface area contributed by atoms with Gasteiger partial charge in [-0.3, -0.25) is 0 Å². The second-order valence-corrected chi connectivity index (χ2v) is 4.83. The lowest BCUT2D eigenvalue weighted by Crippen LogP contribution is -2.20. The highest BCUT2D eigenvalue weighted by molar-refractivity contribution is 6.00. The van der Waals surface area contributed by atoms with Crippen LogP contribution in [0.5, 0.6) is 17.2 Å². The molecule has 122 valence electrons. The lowest BCUT2D eigenvalue weighted by molar-refractivity contribution is 0.262. The summed E-state index contributed by atoms with van der Waals surface area (Å²) < 4.78 is 15.6. The van der Waals surface area contributed by atoms with E-state index >= 15 is 0 Å². The molecule has 0 aliphatic heterocycles. The standard InChI is InChI=1S/C17H20N2O4/c1-11-9-15(22-3)16(23-4)10-14(11)19-17(20)18-12-5-7-13(21-2)8-6-12/h5-10H,1-4H3,(H2,18,19,20). The number of nitrogens with one attached hydrogen (secondary N) is 2. The van der Waals surface area contributed by atoms with E-state index in [9.17, 15) is 4.79 Å². The smallest absolute Gasteiger partial charge is 0.323 e. The average Bonchev–Trinajstić information content (AvgIpc) is 2.56. The Bertz CT molecular complexity index is 684. The normalized spacial score (nSPS) is 9.91. The first-order chi connectivity index (χ1) is 11.1. The maximum atomic E-state index is 12.1. The van der Waals surface area contributed by atoms with Gasteiger partial charge in [0.15, 0.2) is 11.5 Å². The van der Waals surface area contributed by atoms with Crippen LogP contribution in [-0.4, -0.2) is 27.4 Å². The molecule has 6 nitrogen and oxygen atoms in total. The number of amides is 2. The molecule has 0 aliphatic rings. The molecule has 0 fully saturated rings. The number of benzene rings is 2. The van der Waals surface area contributed by atoms with Gasteiger partial charge in [-0.1, -0.05) is 0 Å². The minimum atomic E-state index is -0.342. The first-order valence-electron chi connectivity index (χ1n) is 7.02. The molecular weight excluding hydrogens is 296 g/mol. The van der Waals surface area contributed by atoms with Gasteiger partial charge in [-0.2, -0.15) is 0 Å². The highest BCUT2D eigenvalue weighted by atomic mass is 16.5. The van der Waals surface area contributed by atoms with Crippen molar-refractivity contribution < 1.29 is 19.0 Å². The molecule has 2 aromatic rings. The Morgan fingerprint density at radius 3 is 2.04 bits per heavy atom. The summed E-state index contributed by atoms with van der Waals surface area (Å²) in [6, 6.07) is 10.3. The monoisotopic (exact) mass is 316 g/mol. The minimum absolute atomic E-state index is 0.342. The molecule has 0 saturated carbocycles. The van der Waals surface area contributed by atoms with Gasteiger partial charge in [-0.25, -0.2) is 4.79 Å². The highest BCUT2D eigenvalue weighted by Gasteiger charge is 2.11. The van der Waals surface area contributed by atoms with E-state index in [1.165, 1.54) is 0 Å². The molecule has 0 atom stereocenters. The Balaban J connectivity index is 2.10. The lowest BCUT2D eigenvalue weighted by Gasteiger charge is -2.14. The number of hydrogen-bond acceptors (Lipinski definition) is 4. The van der Waals surface area contributed by atoms with Crippen molar-refractivity contribution in [1.29, 1.82) is 0 Å². The Morgan fingerprint density at radius 1 is 0.870 bits per heavy atom. The van der Waals surface area contributed by atoms with E-state index in [1.54, 1.807) is 51.7 Å². The molecule has 2 amide bonds. The molecule has 23 heavy (non-hydrogen) atoms. The van der Waals surface area contributed by atoms with Crippen LogP contribution in [0.3, 0.4) is 0 Å². The van der Waals surface area contributed by atoms with Crippen molar-refractivity contribution in [3.8, 4) is 17.2 Å². The van der Waals surface area contributed by atoms with Crippen molar-refractivity contribution in [3.63, 3.8) is 0 Å². The molecule has 6 heteroatoms. The van der Waals surface area contributed by atoms with E-state index in [0.29, 0.717) is 22.9 Å². The zero-order valence-electron chi connectivity index (χ0n) is 13.6. The highest BCUT2D eigenvalue weighted by Crippen LogP contribution is 2.32. The summed E-state index contributed by atoms with van der Waals surface area (Å²) in [6.07, 6.45) is 0. The van der Waals surface area contributed by atoms with Crippen LogP contribution in [0, 0.1) is 6.92 Å². The van der Waals surface area contributed by atoms with Gasteiger partial charge in [0.25, 0.3) is 0 Å². The number of rotatable bonds is 5. The molecule has 2 N–H and O–H groups in total. The number of carbonyl (C=O) groups excluding carboxylic acids is 1. The lowest BCUT2D eigenvalue weighted by atomic mass is 10.1. The molecule has 0 heterocycles. The number of hydrogen-bond donors (Lipinski definition) is 2. The first kappa shape index (κ1) is 16.5. The molecule has 0 bridgehead atoms. The fourth-order valence-electron chi connectivity index (χ4n) is 2.07. The molecule has 0 aliphatic carbocycles.